The topological polar surface area (TPSA) is 55.9 Å². The van der Waals surface area contributed by atoms with E-state index < -0.39 is 0 Å². The standard InChI is InChI=1S/C15H20N4/c1-11(9-19-7-6-17-10-19)18-15-8-14(16)12-4-2-3-5-13(12)15/h2-7,10-11,14-15,18H,8-9,16H2,1H3. The van der Waals surface area contributed by atoms with Crippen molar-refractivity contribution < 1.29 is 0 Å². The Balaban J connectivity index is 1.68. The third kappa shape index (κ3) is 2.55. The maximum absolute atomic E-state index is 6.19. The van der Waals surface area contributed by atoms with Gasteiger partial charge in [0, 0.05) is 37.1 Å². The van der Waals surface area contributed by atoms with E-state index in [9.17, 15) is 0 Å². The molecule has 19 heavy (non-hydrogen) atoms. The Morgan fingerprint density at radius 3 is 2.95 bits per heavy atom. The van der Waals surface area contributed by atoms with Gasteiger partial charge in [0.15, 0.2) is 0 Å². The highest BCUT2D eigenvalue weighted by Gasteiger charge is 2.28. The number of nitrogens with zero attached hydrogens (tertiary/aromatic N) is 2. The zero-order valence-corrected chi connectivity index (χ0v) is 11.2. The fourth-order valence-corrected chi connectivity index (χ4v) is 2.94. The van der Waals surface area contributed by atoms with Crippen molar-refractivity contribution in [3.05, 3.63) is 54.1 Å². The van der Waals surface area contributed by atoms with Crippen molar-refractivity contribution >= 4 is 0 Å². The van der Waals surface area contributed by atoms with E-state index in [0.717, 1.165) is 13.0 Å². The first kappa shape index (κ1) is 12.4. The molecule has 1 aromatic heterocycles. The lowest BCUT2D eigenvalue weighted by Gasteiger charge is -2.20. The number of nitrogens with two attached hydrogens (primary N) is 1. The van der Waals surface area contributed by atoms with Crippen molar-refractivity contribution in [1.82, 2.24) is 14.9 Å². The van der Waals surface area contributed by atoms with Gasteiger partial charge >= 0.3 is 0 Å². The summed E-state index contributed by atoms with van der Waals surface area (Å²) in [4.78, 5) is 4.07. The van der Waals surface area contributed by atoms with Crippen molar-refractivity contribution in [3.8, 4) is 0 Å². The number of imidazole rings is 1. The molecule has 0 spiro atoms. The molecule has 100 valence electrons. The normalized spacial score (nSPS) is 23.3. The SMILES string of the molecule is CC(Cn1ccnc1)NC1CC(N)c2ccccc21. The van der Waals surface area contributed by atoms with Crippen molar-refractivity contribution in [3.63, 3.8) is 0 Å². The predicted octanol–water partition coefficient (Wildman–Crippen LogP) is 2.01. The minimum atomic E-state index is 0.161. The summed E-state index contributed by atoms with van der Waals surface area (Å²) in [5.41, 5.74) is 8.83. The molecule has 0 radical (unpaired) electrons. The summed E-state index contributed by atoms with van der Waals surface area (Å²) in [7, 11) is 0. The Bertz CT molecular complexity index is 535. The highest BCUT2D eigenvalue weighted by Crippen LogP contribution is 2.37. The monoisotopic (exact) mass is 256 g/mol. The maximum Gasteiger partial charge on any atom is 0.0946 e. The summed E-state index contributed by atoms with van der Waals surface area (Å²) in [6.07, 6.45) is 6.64. The lowest BCUT2D eigenvalue weighted by molar-refractivity contribution is 0.401. The van der Waals surface area contributed by atoms with Crippen LogP contribution in [0.3, 0.4) is 0 Å². The second kappa shape index (κ2) is 5.15. The third-order valence-corrected chi connectivity index (χ3v) is 3.79. The molecule has 2 aromatic rings. The highest BCUT2D eigenvalue weighted by atomic mass is 15.1. The van der Waals surface area contributed by atoms with Gasteiger partial charge in [-0.15, -0.1) is 0 Å². The quantitative estimate of drug-likeness (QED) is 0.879. The molecule has 4 nitrogen and oxygen atoms in total. The van der Waals surface area contributed by atoms with Crippen LogP contribution in [0.1, 0.15) is 36.6 Å². The number of hydrogen-bond donors (Lipinski definition) is 2. The van der Waals surface area contributed by atoms with E-state index in [1.165, 1.54) is 11.1 Å². The van der Waals surface area contributed by atoms with Gasteiger partial charge in [-0.05, 0) is 24.5 Å². The van der Waals surface area contributed by atoms with Gasteiger partial charge in [0.05, 0.1) is 6.33 Å². The van der Waals surface area contributed by atoms with Crippen molar-refractivity contribution in [2.45, 2.75) is 38.0 Å². The summed E-state index contributed by atoms with van der Waals surface area (Å²) < 4.78 is 2.10. The van der Waals surface area contributed by atoms with Gasteiger partial charge in [-0.25, -0.2) is 4.98 Å². The van der Waals surface area contributed by atoms with Crippen LogP contribution in [0.2, 0.25) is 0 Å². The predicted molar refractivity (Wildman–Crippen MR) is 75.6 cm³/mol. The molecule has 0 amide bonds. The fraction of sp³-hybridized carbons (Fsp3) is 0.400. The molecular formula is C15H20N4. The Morgan fingerprint density at radius 2 is 2.21 bits per heavy atom. The summed E-state index contributed by atoms with van der Waals surface area (Å²) in [6, 6.07) is 9.39. The first-order valence-electron chi connectivity index (χ1n) is 6.80. The molecule has 1 aliphatic rings. The molecule has 3 unspecified atom stereocenters. The van der Waals surface area contributed by atoms with E-state index in [1.54, 1.807) is 0 Å². The molecule has 3 atom stereocenters. The van der Waals surface area contributed by atoms with Crippen LogP contribution >= 0.6 is 0 Å². The lowest BCUT2D eigenvalue weighted by Crippen LogP contribution is -2.33. The number of rotatable bonds is 4. The lowest BCUT2D eigenvalue weighted by atomic mass is 10.1. The van der Waals surface area contributed by atoms with Gasteiger partial charge in [0.25, 0.3) is 0 Å². The Labute approximate surface area is 113 Å². The maximum atomic E-state index is 6.19. The molecule has 1 aliphatic carbocycles. The summed E-state index contributed by atoms with van der Waals surface area (Å²) in [5, 5.41) is 3.68. The van der Waals surface area contributed by atoms with Gasteiger partial charge in [0.1, 0.15) is 0 Å². The van der Waals surface area contributed by atoms with E-state index in [1.807, 2.05) is 18.7 Å². The van der Waals surface area contributed by atoms with Crippen LogP contribution in [-0.2, 0) is 6.54 Å². The molecule has 1 heterocycles. The number of nitrogens with one attached hydrogen (secondary N) is 1. The van der Waals surface area contributed by atoms with Crippen LogP contribution in [0, 0.1) is 0 Å². The van der Waals surface area contributed by atoms with E-state index in [2.05, 4.69) is 46.1 Å². The van der Waals surface area contributed by atoms with Gasteiger partial charge in [-0.1, -0.05) is 24.3 Å². The van der Waals surface area contributed by atoms with E-state index >= 15 is 0 Å². The first-order valence-corrected chi connectivity index (χ1v) is 6.80. The second-order valence-corrected chi connectivity index (χ2v) is 5.35. The number of hydrogen-bond acceptors (Lipinski definition) is 3. The molecule has 0 fully saturated rings. The summed E-state index contributed by atoms with van der Waals surface area (Å²) in [5.74, 6) is 0. The second-order valence-electron chi connectivity index (χ2n) is 5.35. The average Bonchev–Trinajstić information content (AvgIpc) is 3.00. The van der Waals surface area contributed by atoms with E-state index in [0.29, 0.717) is 12.1 Å². The van der Waals surface area contributed by atoms with Gasteiger partial charge < -0.3 is 15.6 Å². The Morgan fingerprint density at radius 1 is 1.42 bits per heavy atom. The number of benzene rings is 1. The number of fused-ring (bicyclic) bond motifs is 1. The Kier molecular flexibility index (Phi) is 3.36. The van der Waals surface area contributed by atoms with Gasteiger partial charge in [0.2, 0.25) is 0 Å². The first-order chi connectivity index (χ1) is 9.24. The molecule has 0 bridgehead atoms. The largest absolute Gasteiger partial charge is 0.336 e. The molecule has 0 saturated heterocycles. The van der Waals surface area contributed by atoms with Crippen LogP contribution in [0.15, 0.2) is 43.0 Å². The fourth-order valence-electron chi connectivity index (χ4n) is 2.94. The summed E-state index contributed by atoms with van der Waals surface area (Å²) in [6.45, 7) is 3.13. The van der Waals surface area contributed by atoms with Crippen molar-refractivity contribution in [2.24, 2.45) is 5.73 Å². The molecule has 3 N–H and O–H groups in total. The van der Waals surface area contributed by atoms with Gasteiger partial charge in [-0.3, -0.25) is 0 Å². The molecule has 0 saturated carbocycles. The molecular weight excluding hydrogens is 236 g/mol. The zero-order chi connectivity index (χ0) is 13.2. The highest BCUT2D eigenvalue weighted by molar-refractivity contribution is 5.37. The van der Waals surface area contributed by atoms with Gasteiger partial charge in [-0.2, -0.15) is 0 Å². The zero-order valence-electron chi connectivity index (χ0n) is 11.2. The molecule has 4 heteroatoms. The smallest absolute Gasteiger partial charge is 0.0946 e. The van der Waals surface area contributed by atoms with Crippen LogP contribution in [0.25, 0.3) is 0 Å². The molecule has 1 aromatic carbocycles. The van der Waals surface area contributed by atoms with Crippen LogP contribution in [-0.4, -0.2) is 15.6 Å². The number of aromatic nitrogens is 2. The van der Waals surface area contributed by atoms with E-state index in [-0.39, 0.29) is 6.04 Å². The van der Waals surface area contributed by atoms with Crippen LogP contribution in [0.4, 0.5) is 0 Å². The van der Waals surface area contributed by atoms with Crippen molar-refractivity contribution in [1.29, 1.82) is 0 Å². The Hall–Kier alpha value is -1.65. The third-order valence-electron chi connectivity index (χ3n) is 3.79. The van der Waals surface area contributed by atoms with Crippen molar-refractivity contribution in [2.75, 3.05) is 0 Å². The van der Waals surface area contributed by atoms with Crippen LogP contribution < -0.4 is 11.1 Å². The minimum absolute atomic E-state index is 0.161. The average molecular weight is 256 g/mol. The molecule has 3 rings (SSSR count). The minimum Gasteiger partial charge on any atom is -0.336 e. The molecule has 0 aliphatic heterocycles. The van der Waals surface area contributed by atoms with E-state index in [4.69, 9.17) is 5.73 Å². The van der Waals surface area contributed by atoms with Crippen LogP contribution in [0.5, 0.6) is 0 Å². The summed E-state index contributed by atoms with van der Waals surface area (Å²) >= 11 is 0.